The first-order valence-electron chi connectivity index (χ1n) is 13.7. The number of piperazine rings is 1. The summed E-state index contributed by atoms with van der Waals surface area (Å²) in [6.45, 7) is -0.0293. The second-order valence-electron chi connectivity index (χ2n) is 9.89. The molecule has 1 atom stereocenters. The van der Waals surface area contributed by atoms with Gasteiger partial charge in [0.1, 0.15) is 18.8 Å². The van der Waals surface area contributed by atoms with Crippen molar-refractivity contribution >= 4 is 29.4 Å². The summed E-state index contributed by atoms with van der Waals surface area (Å²) >= 11 is 5.94. The number of halogens is 4. The summed E-state index contributed by atoms with van der Waals surface area (Å²) in [4.78, 5) is 61.3. The van der Waals surface area contributed by atoms with E-state index in [1.807, 2.05) is 0 Å². The van der Waals surface area contributed by atoms with Gasteiger partial charge in [-0.3, -0.25) is 19.1 Å². The number of rotatable bonds is 9. The molecular formula is C27H25ClF3N9O6. The van der Waals surface area contributed by atoms with Gasteiger partial charge in [-0.05, 0) is 37.3 Å². The molecule has 3 aromatic heterocycles. The molecule has 4 aromatic rings. The molecule has 0 radical (unpaired) electrons. The van der Waals surface area contributed by atoms with Crippen LogP contribution in [0.5, 0.6) is 0 Å². The van der Waals surface area contributed by atoms with Crippen molar-refractivity contribution in [3.63, 3.8) is 0 Å². The number of esters is 1. The lowest BCUT2D eigenvalue weighted by Gasteiger charge is -2.26. The Morgan fingerprint density at radius 1 is 1.15 bits per heavy atom. The normalized spacial score (nSPS) is 14.2. The Morgan fingerprint density at radius 2 is 1.89 bits per heavy atom. The molecule has 46 heavy (non-hydrogen) atoms. The Morgan fingerprint density at radius 3 is 2.57 bits per heavy atom. The number of ether oxygens (including phenoxy) is 1. The number of pyridine rings is 1. The number of hydrogen-bond donors (Lipinski definition) is 2. The van der Waals surface area contributed by atoms with Gasteiger partial charge in [-0.25, -0.2) is 23.9 Å². The number of carbonyl (C=O) groups is 3. The molecule has 2 N–H and O–H groups in total. The van der Waals surface area contributed by atoms with Crippen LogP contribution in [-0.4, -0.2) is 100 Å². The Balaban J connectivity index is 1.60. The molecule has 1 aliphatic heterocycles. The quantitative estimate of drug-likeness (QED) is 0.246. The summed E-state index contributed by atoms with van der Waals surface area (Å²) in [5.74, 6) is -2.65. The minimum Gasteiger partial charge on any atom is -0.462 e. The van der Waals surface area contributed by atoms with Gasteiger partial charge >= 0.3 is 17.8 Å². The highest BCUT2D eigenvalue weighted by molar-refractivity contribution is 6.30. The van der Waals surface area contributed by atoms with Crippen molar-refractivity contribution in [2.75, 3.05) is 26.2 Å². The Bertz CT molecular complexity index is 1840. The topological polar surface area (TPSA) is 179 Å². The van der Waals surface area contributed by atoms with Crippen LogP contribution < -0.4 is 11.0 Å². The highest BCUT2D eigenvalue weighted by Crippen LogP contribution is 2.24. The number of carbonyl (C=O) groups excluding carboxylic acids is 3. The number of benzene rings is 1. The lowest BCUT2D eigenvalue weighted by atomic mass is 10.2. The molecule has 0 bridgehead atoms. The van der Waals surface area contributed by atoms with Gasteiger partial charge in [0, 0.05) is 29.9 Å². The second kappa shape index (κ2) is 13.1. The number of alkyl halides is 3. The van der Waals surface area contributed by atoms with Crippen LogP contribution in [0.2, 0.25) is 5.02 Å². The Hall–Kier alpha value is -5.10. The van der Waals surface area contributed by atoms with E-state index in [9.17, 15) is 37.5 Å². The Kier molecular flexibility index (Phi) is 9.19. The maximum absolute atomic E-state index is 13.6. The summed E-state index contributed by atoms with van der Waals surface area (Å²) in [6.07, 6.45) is -5.35. The van der Waals surface area contributed by atoms with Crippen molar-refractivity contribution in [2.24, 2.45) is 0 Å². The fraction of sp³-hybridized carbons (Fsp3) is 0.333. The van der Waals surface area contributed by atoms with Crippen molar-refractivity contribution in [1.82, 2.24) is 44.3 Å². The van der Waals surface area contributed by atoms with Crippen molar-refractivity contribution in [1.29, 1.82) is 0 Å². The van der Waals surface area contributed by atoms with E-state index in [0.29, 0.717) is 9.59 Å². The third-order valence-corrected chi connectivity index (χ3v) is 6.99. The zero-order valence-electron chi connectivity index (χ0n) is 23.9. The summed E-state index contributed by atoms with van der Waals surface area (Å²) in [5, 5.41) is 21.2. The zero-order valence-corrected chi connectivity index (χ0v) is 24.7. The molecule has 1 aromatic carbocycles. The molecule has 1 aliphatic rings. The van der Waals surface area contributed by atoms with Crippen LogP contribution in [0.25, 0.3) is 17.1 Å². The van der Waals surface area contributed by atoms with E-state index >= 15 is 0 Å². The van der Waals surface area contributed by atoms with Crippen molar-refractivity contribution in [2.45, 2.75) is 32.3 Å². The first-order valence-corrected chi connectivity index (χ1v) is 14.1. The SMILES string of the molecule is CCOC(=O)c1ccncc1-n1nc(Cn2nc(-c3ccc(Cl)cc3)n(C[C@H](O)C(F)(F)F)c2=O)nc1C(=O)N1CCNC(=O)C1. The number of nitrogens with zero attached hydrogens (tertiary/aromatic N) is 8. The van der Waals surface area contributed by atoms with Crippen LogP contribution in [0.3, 0.4) is 0 Å². The van der Waals surface area contributed by atoms with Crippen LogP contribution in [0.4, 0.5) is 13.2 Å². The van der Waals surface area contributed by atoms with E-state index in [4.69, 9.17) is 16.3 Å². The van der Waals surface area contributed by atoms with Gasteiger partial charge in [-0.15, -0.1) is 10.2 Å². The predicted octanol–water partition coefficient (Wildman–Crippen LogP) is 1.06. The van der Waals surface area contributed by atoms with E-state index in [1.54, 1.807) is 6.92 Å². The number of amides is 2. The van der Waals surface area contributed by atoms with Gasteiger partial charge in [0.15, 0.2) is 17.8 Å². The van der Waals surface area contributed by atoms with Crippen LogP contribution in [-0.2, 0) is 22.6 Å². The van der Waals surface area contributed by atoms with Gasteiger partial charge in [-0.2, -0.15) is 13.2 Å². The maximum Gasteiger partial charge on any atom is 0.416 e. The van der Waals surface area contributed by atoms with Crippen molar-refractivity contribution in [3.05, 3.63) is 75.4 Å². The van der Waals surface area contributed by atoms with E-state index in [1.165, 1.54) is 47.6 Å². The lowest BCUT2D eigenvalue weighted by Crippen LogP contribution is -2.50. The summed E-state index contributed by atoms with van der Waals surface area (Å²) in [5.41, 5.74) is -0.843. The van der Waals surface area contributed by atoms with Gasteiger partial charge in [0.25, 0.3) is 5.91 Å². The predicted molar refractivity (Wildman–Crippen MR) is 152 cm³/mol. The standard InChI is InChI=1S/C27H25ClF3N9O6/c1-2-46-25(44)17-7-8-32-11-18(17)40-23(24(43)37-10-9-33-21(42)14-37)34-20(35-40)13-39-26(45)38(12-19(41)27(29,30)31)22(36-39)15-3-5-16(28)6-4-15/h3-8,11,19,41H,2,9-10,12-14H2,1H3,(H,33,42)/t19-/m0/s1. The molecule has 0 unspecified atom stereocenters. The van der Waals surface area contributed by atoms with Gasteiger partial charge in [-0.1, -0.05) is 11.6 Å². The minimum atomic E-state index is -5.03. The molecule has 1 fully saturated rings. The molecule has 19 heteroatoms. The van der Waals surface area contributed by atoms with Crippen LogP contribution in [0.15, 0.2) is 47.5 Å². The Labute approximate surface area is 262 Å². The van der Waals surface area contributed by atoms with Gasteiger partial charge < -0.3 is 20.1 Å². The van der Waals surface area contributed by atoms with Crippen LogP contribution >= 0.6 is 11.6 Å². The number of nitrogens with one attached hydrogen (secondary N) is 1. The van der Waals surface area contributed by atoms with Crippen molar-refractivity contribution in [3.8, 4) is 17.1 Å². The molecule has 0 saturated carbocycles. The smallest absolute Gasteiger partial charge is 0.416 e. The summed E-state index contributed by atoms with van der Waals surface area (Å²) in [6, 6.07) is 7.10. The molecule has 4 heterocycles. The van der Waals surface area contributed by atoms with Crippen molar-refractivity contribution < 1.29 is 37.4 Å². The summed E-state index contributed by atoms with van der Waals surface area (Å²) in [7, 11) is 0. The first-order chi connectivity index (χ1) is 21.9. The highest BCUT2D eigenvalue weighted by Gasteiger charge is 2.39. The van der Waals surface area contributed by atoms with E-state index in [0.717, 1.165) is 9.36 Å². The maximum atomic E-state index is 13.6. The van der Waals surface area contributed by atoms with E-state index in [2.05, 4.69) is 25.5 Å². The minimum absolute atomic E-state index is 0.00228. The van der Waals surface area contributed by atoms with Gasteiger partial charge in [0.05, 0.1) is 24.9 Å². The molecule has 242 valence electrons. The third-order valence-electron chi connectivity index (χ3n) is 6.74. The number of hydrogen-bond acceptors (Lipinski definition) is 10. The average molecular weight is 664 g/mol. The summed E-state index contributed by atoms with van der Waals surface area (Å²) < 4.78 is 47.4. The van der Waals surface area contributed by atoms with E-state index in [-0.39, 0.29) is 60.5 Å². The lowest BCUT2D eigenvalue weighted by molar-refractivity contribution is -0.207. The molecule has 1 saturated heterocycles. The third kappa shape index (κ3) is 6.76. The van der Waals surface area contributed by atoms with Crippen LogP contribution in [0, 0.1) is 0 Å². The van der Waals surface area contributed by atoms with Crippen LogP contribution in [0.1, 0.15) is 33.7 Å². The number of aliphatic hydroxyl groups is 1. The van der Waals surface area contributed by atoms with Gasteiger partial charge in [0.2, 0.25) is 11.7 Å². The fourth-order valence-electron chi connectivity index (χ4n) is 4.55. The fourth-order valence-corrected chi connectivity index (χ4v) is 4.68. The second-order valence-corrected chi connectivity index (χ2v) is 10.3. The number of aromatic nitrogens is 7. The first kappa shape index (κ1) is 32.3. The monoisotopic (exact) mass is 663 g/mol. The largest absolute Gasteiger partial charge is 0.462 e. The molecule has 2 amide bonds. The zero-order chi connectivity index (χ0) is 33.2. The highest BCUT2D eigenvalue weighted by atomic mass is 35.5. The average Bonchev–Trinajstić information content (AvgIpc) is 3.57. The molecule has 5 rings (SSSR count). The van der Waals surface area contributed by atoms with E-state index < -0.39 is 48.8 Å². The molecule has 0 spiro atoms. The molecular weight excluding hydrogens is 639 g/mol. The molecule has 15 nitrogen and oxygen atoms in total. The molecule has 0 aliphatic carbocycles. The number of aliphatic hydroxyl groups excluding tert-OH is 1.